The van der Waals surface area contributed by atoms with E-state index in [-0.39, 0.29) is 35.9 Å². The summed E-state index contributed by atoms with van der Waals surface area (Å²) < 4.78 is 47.7. The van der Waals surface area contributed by atoms with Crippen LogP contribution >= 0.6 is 0 Å². The summed E-state index contributed by atoms with van der Waals surface area (Å²) in [6.07, 6.45) is 4.35. The van der Waals surface area contributed by atoms with Gasteiger partial charge in [0.2, 0.25) is 0 Å². The van der Waals surface area contributed by atoms with Crippen molar-refractivity contribution < 1.29 is 27.8 Å². The summed E-state index contributed by atoms with van der Waals surface area (Å²) in [6.45, 7) is 0.270. The molecule has 2 aliphatic heterocycles. The van der Waals surface area contributed by atoms with E-state index in [4.69, 9.17) is 9.84 Å². The van der Waals surface area contributed by atoms with Crippen LogP contribution in [0.2, 0.25) is 0 Å². The van der Waals surface area contributed by atoms with Gasteiger partial charge in [0.15, 0.2) is 0 Å². The Hall–Kier alpha value is -3.33. The number of H-pyrrole nitrogens is 1. The number of carboxylic acid groups (broad SMARTS) is 1. The number of aromatic nitrogens is 2. The molecule has 4 heterocycles. The van der Waals surface area contributed by atoms with Gasteiger partial charge in [0.25, 0.3) is 0 Å². The van der Waals surface area contributed by atoms with E-state index in [1.165, 1.54) is 18.3 Å². The lowest BCUT2D eigenvalue weighted by Gasteiger charge is -2.39. The molecule has 0 amide bonds. The van der Waals surface area contributed by atoms with Gasteiger partial charge in [-0.2, -0.15) is 13.2 Å². The molecule has 9 heteroatoms. The van der Waals surface area contributed by atoms with Crippen LogP contribution in [0.5, 0.6) is 0 Å². The number of benzene rings is 1. The highest BCUT2D eigenvalue weighted by molar-refractivity contribution is 5.87. The Morgan fingerprint density at radius 3 is 2.41 bits per heavy atom. The van der Waals surface area contributed by atoms with Crippen molar-refractivity contribution in [3.05, 3.63) is 71.2 Å². The lowest BCUT2D eigenvalue weighted by Crippen LogP contribution is -2.46. The van der Waals surface area contributed by atoms with Crippen LogP contribution in [0.25, 0.3) is 11.1 Å². The number of fused-ring (bicyclic) bond motifs is 2. The summed E-state index contributed by atoms with van der Waals surface area (Å²) in [7, 11) is 0. The van der Waals surface area contributed by atoms with Gasteiger partial charge in [-0.15, -0.1) is 0 Å². The lowest BCUT2D eigenvalue weighted by molar-refractivity contribution is -0.137. The molecule has 3 aliphatic rings. The summed E-state index contributed by atoms with van der Waals surface area (Å²) in [5.41, 5.74) is 2.11. The molecule has 2 unspecified atom stereocenters. The number of halogens is 3. The molecule has 6 nitrogen and oxygen atoms in total. The third-order valence-corrected chi connectivity index (χ3v) is 7.94. The number of ether oxygens (including phenoxy) is 1. The molecule has 37 heavy (non-hydrogen) atoms. The second-order valence-electron chi connectivity index (χ2n) is 10.3. The third kappa shape index (κ3) is 4.61. The van der Waals surface area contributed by atoms with Crippen molar-refractivity contribution in [1.29, 1.82) is 0 Å². The van der Waals surface area contributed by atoms with Gasteiger partial charge < -0.3 is 19.7 Å². The number of rotatable bonds is 7. The molecule has 1 aliphatic carbocycles. The third-order valence-electron chi connectivity index (χ3n) is 7.94. The molecule has 2 aromatic heterocycles. The fourth-order valence-electron chi connectivity index (χ4n) is 6.07. The molecule has 3 aromatic rings. The van der Waals surface area contributed by atoms with E-state index in [1.54, 1.807) is 24.4 Å². The average Bonchev–Trinajstić information content (AvgIpc) is 3.58. The number of aromatic amines is 1. The second kappa shape index (κ2) is 9.20. The first-order valence-electron chi connectivity index (χ1n) is 12.8. The first kappa shape index (κ1) is 24.0. The summed E-state index contributed by atoms with van der Waals surface area (Å²) in [5.74, 6) is 0.133. The van der Waals surface area contributed by atoms with Crippen LogP contribution in [0.4, 0.5) is 19.0 Å². The predicted molar refractivity (Wildman–Crippen MR) is 132 cm³/mol. The maximum Gasteiger partial charge on any atom is 0.417 e. The molecular weight excluding hydrogens is 483 g/mol. The lowest BCUT2D eigenvalue weighted by atomic mass is 9.96. The van der Waals surface area contributed by atoms with Crippen LogP contribution in [0.15, 0.2) is 48.8 Å². The maximum absolute atomic E-state index is 13.8. The topological polar surface area (TPSA) is 78.5 Å². The summed E-state index contributed by atoms with van der Waals surface area (Å²) in [6, 6.07) is 9.56. The number of alkyl halides is 3. The Morgan fingerprint density at radius 1 is 1.05 bits per heavy atom. The Kier molecular flexibility index (Phi) is 5.98. The fraction of sp³-hybridized carbons (Fsp3) is 0.429. The highest BCUT2D eigenvalue weighted by Crippen LogP contribution is 2.46. The van der Waals surface area contributed by atoms with E-state index >= 15 is 0 Å². The number of nitrogens with one attached hydrogen (secondary N) is 1. The monoisotopic (exact) mass is 511 g/mol. The van der Waals surface area contributed by atoms with E-state index < -0.39 is 17.7 Å². The molecule has 0 radical (unpaired) electrons. The van der Waals surface area contributed by atoms with Crippen LogP contribution in [0.1, 0.15) is 71.6 Å². The number of anilines is 1. The Labute approximate surface area is 212 Å². The van der Waals surface area contributed by atoms with E-state index in [1.807, 2.05) is 0 Å². The van der Waals surface area contributed by atoms with E-state index in [9.17, 15) is 18.0 Å². The number of carboxylic acids is 1. The summed E-state index contributed by atoms with van der Waals surface area (Å²) in [5, 5.41) is 9.15. The Bertz CT molecular complexity index is 1290. The molecule has 6 rings (SSSR count). The number of aromatic carboxylic acids is 1. The van der Waals surface area contributed by atoms with Crippen LogP contribution < -0.4 is 4.90 Å². The van der Waals surface area contributed by atoms with Crippen LogP contribution in [0, 0.1) is 0 Å². The molecular formula is C28H28F3N3O3. The quantitative estimate of drug-likeness (QED) is 0.385. The molecule has 194 valence electrons. The Balaban J connectivity index is 1.20. The molecule has 1 saturated carbocycles. The molecule has 1 aromatic carbocycles. The van der Waals surface area contributed by atoms with Gasteiger partial charge in [-0.1, -0.05) is 18.2 Å². The smallest absolute Gasteiger partial charge is 0.417 e. The van der Waals surface area contributed by atoms with E-state index in [2.05, 4.69) is 14.9 Å². The van der Waals surface area contributed by atoms with Crippen molar-refractivity contribution in [3.8, 4) is 11.1 Å². The fourth-order valence-corrected chi connectivity index (χ4v) is 6.07. The van der Waals surface area contributed by atoms with Gasteiger partial charge in [-0.05, 0) is 68.2 Å². The molecule has 2 atom stereocenters. The van der Waals surface area contributed by atoms with Crippen molar-refractivity contribution in [3.63, 3.8) is 0 Å². The van der Waals surface area contributed by atoms with Gasteiger partial charge in [0.05, 0.1) is 23.8 Å². The number of nitrogens with zero attached hydrogens (tertiary/aromatic N) is 2. The molecule has 2 N–H and O–H groups in total. The highest BCUT2D eigenvalue weighted by Gasteiger charge is 2.42. The standard InChI is InChI=1S/C28H28F3N3O3/c29-28(30,31)24-4-2-1-3-21(24)22-14-33-26(16-5-6-16)23(22)15-37-20-11-18-8-9-19(12-20)34(18)25-10-7-17(13-32-25)27(35)36/h1-4,7,10,13-14,16,18-20,33H,5-6,8-9,11-12,15H2,(H,35,36). The first-order chi connectivity index (χ1) is 17.8. The number of pyridine rings is 1. The van der Waals surface area contributed by atoms with Gasteiger partial charge in [0.1, 0.15) is 5.82 Å². The van der Waals surface area contributed by atoms with Crippen LogP contribution in [-0.2, 0) is 17.5 Å². The van der Waals surface area contributed by atoms with Crippen molar-refractivity contribution >= 4 is 11.8 Å². The second-order valence-corrected chi connectivity index (χ2v) is 10.3. The minimum Gasteiger partial charge on any atom is -0.478 e. The number of carbonyl (C=O) groups is 1. The normalized spacial score (nSPS) is 23.4. The van der Waals surface area contributed by atoms with E-state index in [0.29, 0.717) is 11.5 Å². The van der Waals surface area contributed by atoms with Gasteiger partial charge in [-0.3, -0.25) is 0 Å². The number of piperidine rings is 1. The molecule has 2 saturated heterocycles. The summed E-state index contributed by atoms with van der Waals surface area (Å²) in [4.78, 5) is 21.1. The zero-order valence-corrected chi connectivity index (χ0v) is 20.2. The number of hydrogen-bond donors (Lipinski definition) is 2. The van der Waals surface area contributed by atoms with Crippen molar-refractivity contribution in [2.24, 2.45) is 0 Å². The molecule has 2 bridgehead atoms. The van der Waals surface area contributed by atoms with Crippen LogP contribution in [0.3, 0.4) is 0 Å². The summed E-state index contributed by atoms with van der Waals surface area (Å²) >= 11 is 0. The van der Waals surface area contributed by atoms with E-state index in [0.717, 1.165) is 61.7 Å². The van der Waals surface area contributed by atoms with Crippen molar-refractivity contribution in [2.45, 2.75) is 75.4 Å². The van der Waals surface area contributed by atoms with Gasteiger partial charge in [-0.25, -0.2) is 9.78 Å². The minimum atomic E-state index is -4.44. The predicted octanol–water partition coefficient (Wildman–Crippen LogP) is 6.39. The first-order valence-corrected chi connectivity index (χ1v) is 12.8. The largest absolute Gasteiger partial charge is 0.478 e. The average molecular weight is 512 g/mol. The zero-order valence-electron chi connectivity index (χ0n) is 20.2. The Morgan fingerprint density at radius 2 is 1.78 bits per heavy atom. The SMILES string of the molecule is O=C(O)c1ccc(N2C3CCC2CC(OCc2c(-c4ccccc4C(F)(F)F)c[nH]c2C2CC2)C3)nc1. The van der Waals surface area contributed by atoms with Crippen molar-refractivity contribution in [1.82, 2.24) is 9.97 Å². The van der Waals surface area contributed by atoms with Crippen LogP contribution in [-0.4, -0.2) is 39.2 Å². The number of hydrogen-bond acceptors (Lipinski definition) is 4. The van der Waals surface area contributed by atoms with Crippen molar-refractivity contribution in [2.75, 3.05) is 4.90 Å². The molecule has 3 fully saturated rings. The minimum absolute atomic E-state index is 0.000272. The van der Waals surface area contributed by atoms with Gasteiger partial charge in [0, 0.05) is 41.3 Å². The maximum atomic E-state index is 13.8. The zero-order chi connectivity index (χ0) is 25.7. The highest BCUT2D eigenvalue weighted by atomic mass is 19.4. The molecule has 0 spiro atoms. The van der Waals surface area contributed by atoms with Gasteiger partial charge >= 0.3 is 12.1 Å².